The Morgan fingerprint density at radius 1 is 1.40 bits per heavy atom. The molecular weight excluding hydrogens is 322 g/mol. The zero-order chi connectivity index (χ0) is 18.2. The highest BCUT2D eigenvalue weighted by molar-refractivity contribution is 6.07. The van der Waals surface area contributed by atoms with Gasteiger partial charge >= 0.3 is 6.03 Å². The van der Waals surface area contributed by atoms with E-state index in [-0.39, 0.29) is 18.4 Å². The van der Waals surface area contributed by atoms with Crippen molar-refractivity contribution in [2.45, 2.75) is 38.8 Å². The van der Waals surface area contributed by atoms with Gasteiger partial charge in [-0.25, -0.2) is 4.79 Å². The molecule has 1 aliphatic heterocycles. The lowest BCUT2D eigenvalue weighted by molar-refractivity contribution is -0.131. The molecule has 8 heteroatoms. The third-order valence-electron chi connectivity index (χ3n) is 4.14. The Kier molecular flexibility index (Phi) is 4.00. The van der Waals surface area contributed by atoms with E-state index in [1.54, 1.807) is 31.2 Å². The smallest absolute Gasteiger partial charge is 0.325 e. The highest BCUT2D eigenvalue weighted by Crippen LogP contribution is 2.30. The number of carbonyl (C=O) groups is 2. The molecule has 1 aromatic carbocycles. The van der Waals surface area contributed by atoms with Crippen LogP contribution in [0.3, 0.4) is 0 Å². The summed E-state index contributed by atoms with van der Waals surface area (Å²) in [5, 5.41) is 15.6. The number of nitriles is 1. The van der Waals surface area contributed by atoms with Gasteiger partial charge in [-0.1, -0.05) is 31.1 Å². The fourth-order valence-electron chi connectivity index (χ4n) is 2.64. The molecular formula is C17H17N5O3. The van der Waals surface area contributed by atoms with Crippen molar-refractivity contribution in [1.82, 2.24) is 20.4 Å². The fourth-order valence-corrected chi connectivity index (χ4v) is 2.64. The molecule has 1 saturated heterocycles. The van der Waals surface area contributed by atoms with E-state index in [0.717, 1.165) is 4.90 Å². The second-order valence-electron chi connectivity index (χ2n) is 6.34. The van der Waals surface area contributed by atoms with Crippen molar-refractivity contribution in [3.8, 4) is 6.07 Å². The molecule has 2 aromatic rings. The van der Waals surface area contributed by atoms with Gasteiger partial charge in [0, 0.05) is 5.92 Å². The van der Waals surface area contributed by atoms with E-state index in [4.69, 9.17) is 9.78 Å². The van der Waals surface area contributed by atoms with Crippen LogP contribution in [0.2, 0.25) is 0 Å². The number of urea groups is 1. The van der Waals surface area contributed by atoms with Crippen LogP contribution in [-0.2, 0) is 16.9 Å². The van der Waals surface area contributed by atoms with Gasteiger partial charge in [0.25, 0.3) is 5.91 Å². The summed E-state index contributed by atoms with van der Waals surface area (Å²) in [5.74, 6) is 0.366. The van der Waals surface area contributed by atoms with Crippen molar-refractivity contribution in [2.24, 2.45) is 0 Å². The van der Waals surface area contributed by atoms with Crippen molar-refractivity contribution < 1.29 is 14.1 Å². The SMILES string of the molecule is CC(C)c1noc(CN2C(=O)N[C@](C)(c3cccc(C#N)c3)C2=O)n1. The summed E-state index contributed by atoms with van der Waals surface area (Å²) in [7, 11) is 0. The van der Waals surface area contributed by atoms with Crippen LogP contribution in [-0.4, -0.2) is 27.0 Å². The molecule has 1 aromatic heterocycles. The van der Waals surface area contributed by atoms with Crippen LogP contribution >= 0.6 is 0 Å². The Balaban J connectivity index is 1.87. The van der Waals surface area contributed by atoms with E-state index in [1.807, 2.05) is 19.9 Å². The predicted molar refractivity (Wildman–Crippen MR) is 86.0 cm³/mol. The molecule has 0 unspecified atom stereocenters. The average Bonchev–Trinajstić information content (AvgIpc) is 3.15. The number of nitrogens with one attached hydrogen (secondary N) is 1. The number of carbonyl (C=O) groups excluding carboxylic acids is 2. The van der Waals surface area contributed by atoms with Crippen LogP contribution < -0.4 is 5.32 Å². The first-order valence-electron chi connectivity index (χ1n) is 7.82. The minimum absolute atomic E-state index is 0.0830. The van der Waals surface area contributed by atoms with Crippen LogP contribution in [0, 0.1) is 11.3 Å². The van der Waals surface area contributed by atoms with Crippen molar-refractivity contribution in [2.75, 3.05) is 0 Å². The lowest BCUT2D eigenvalue weighted by Gasteiger charge is -2.22. The van der Waals surface area contributed by atoms with Crippen molar-refractivity contribution in [1.29, 1.82) is 5.26 Å². The van der Waals surface area contributed by atoms with Crippen molar-refractivity contribution in [3.05, 3.63) is 47.1 Å². The fraction of sp³-hybridized carbons (Fsp3) is 0.353. The highest BCUT2D eigenvalue weighted by Gasteiger charge is 2.49. The summed E-state index contributed by atoms with van der Waals surface area (Å²) in [6.45, 7) is 5.35. The Morgan fingerprint density at radius 3 is 2.80 bits per heavy atom. The van der Waals surface area contributed by atoms with Crippen molar-refractivity contribution in [3.63, 3.8) is 0 Å². The normalized spacial score (nSPS) is 20.0. The van der Waals surface area contributed by atoms with E-state index in [0.29, 0.717) is 17.0 Å². The van der Waals surface area contributed by atoms with E-state index < -0.39 is 17.5 Å². The number of aromatic nitrogens is 2. The van der Waals surface area contributed by atoms with Crippen LogP contribution in [0.1, 0.15) is 49.5 Å². The van der Waals surface area contributed by atoms with Gasteiger partial charge in [0.2, 0.25) is 5.89 Å². The third-order valence-corrected chi connectivity index (χ3v) is 4.14. The third kappa shape index (κ3) is 2.85. The van der Waals surface area contributed by atoms with E-state index in [2.05, 4.69) is 15.5 Å². The van der Waals surface area contributed by atoms with Crippen molar-refractivity contribution >= 4 is 11.9 Å². The number of amides is 3. The van der Waals surface area contributed by atoms with E-state index >= 15 is 0 Å². The molecule has 1 atom stereocenters. The van der Waals surface area contributed by atoms with Gasteiger partial charge in [0.15, 0.2) is 5.82 Å². The molecule has 1 aliphatic rings. The maximum absolute atomic E-state index is 12.9. The minimum atomic E-state index is -1.25. The van der Waals surface area contributed by atoms with Gasteiger partial charge in [-0.3, -0.25) is 9.69 Å². The number of benzene rings is 1. The molecule has 3 rings (SSSR count). The van der Waals surface area contributed by atoms with Crippen LogP contribution in [0.5, 0.6) is 0 Å². The highest BCUT2D eigenvalue weighted by atomic mass is 16.5. The number of hydrogen-bond acceptors (Lipinski definition) is 6. The Hall–Kier alpha value is -3.21. The molecule has 3 amide bonds. The standard InChI is InChI=1S/C17H17N5O3/c1-10(2)14-19-13(25-21-14)9-22-15(23)17(3,20-16(22)24)12-6-4-5-11(7-12)8-18/h4-7,10H,9H2,1-3H3,(H,20,24)/t17-/m1/s1. The Bertz CT molecular complexity index is 882. The average molecular weight is 339 g/mol. The molecule has 1 fully saturated rings. The molecule has 128 valence electrons. The van der Waals surface area contributed by atoms with E-state index in [9.17, 15) is 9.59 Å². The van der Waals surface area contributed by atoms with Gasteiger partial charge in [0.1, 0.15) is 12.1 Å². The zero-order valence-corrected chi connectivity index (χ0v) is 14.1. The zero-order valence-electron chi connectivity index (χ0n) is 14.1. The lowest BCUT2D eigenvalue weighted by Crippen LogP contribution is -2.40. The van der Waals surface area contributed by atoms with Gasteiger partial charge < -0.3 is 9.84 Å². The molecule has 0 bridgehead atoms. The molecule has 8 nitrogen and oxygen atoms in total. The summed E-state index contributed by atoms with van der Waals surface area (Å²) in [6.07, 6.45) is 0. The first kappa shape index (κ1) is 16.6. The molecule has 0 radical (unpaired) electrons. The van der Waals surface area contributed by atoms with Crippen LogP contribution in [0.15, 0.2) is 28.8 Å². The van der Waals surface area contributed by atoms with Crippen LogP contribution in [0.25, 0.3) is 0 Å². The quantitative estimate of drug-likeness (QED) is 0.853. The Morgan fingerprint density at radius 2 is 2.16 bits per heavy atom. The molecule has 2 heterocycles. The van der Waals surface area contributed by atoms with Gasteiger partial charge in [-0.2, -0.15) is 10.2 Å². The van der Waals surface area contributed by atoms with Gasteiger partial charge in [-0.05, 0) is 24.6 Å². The first-order chi connectivity index (χ1) is 11.8. The second kappa shape index (κ2) is 6.02. The van der Waals surface area contributed by atoms with Gasteiger partial charge in [-0.15, -0.1) is 0 Å². The Labute approximate surface area is 144 Å². The van der Waals surface area contributed by atoms with Gasteiger partial charge in [0.05, 0.1) is 11.6 Å². The summed E-state index contributed by atoms with van der Waals surface area (Å²) >= 11 is 0. The van der Waals surface area contributed by atoms with E-state index in [1.165, 1.54) is 0 Å². The minimum Gasteiger partial charge on any atom is -0.337 e. The number of rotatable bonds is 4. The van der Waals surface area contributed by atoms with Crippen LogP contribution in [0.4, 0.5) is 4.79 Å². The summed E-state index contributed by atoms with van der Waals surface area (Å²) in [5.41, 5.74) is -0.288. The molecule has 1 N–H and O–H groups in total. The summed E-state index contributed by atoms with van der Waals surface area (Å²) in [6, 6.07) is 8.09. The second-order valence-corrected chi connectivity index (χ2v) is 6.34. The largest absolute Gasteiger partial charge is 0.337 e. The monoisotopic (exact) mass is 339 g/mol. The molecule has 0 spiro atoms. The number of nitrogens with zero attached hydrogens (tertiary/aromatic N) is 4. The summed E-state index contributed by atoms with van der Waals surface area (Å²) in [4.78, 5) is 30.4. The maximum Gasteiger partial charge on any atom is 0.325 e. The molecule has 25 heavy (non-hydrogen) atoms. The topological polar surface area (TPSA) is 112 Å². The first-order valence-corrected chi connectivity index (χ1v) is 7.82. The molecule has 0 saturated carbocycles. The number of imide groups is 1. The molecule has 0 aliphatic carbocycles. The number of hydrogen-bond donors (Lipinski definition) is 1. The maximum atomic E-state index is 12.9. The summed E-state index contributed by atoms with van der Waals surface area (Å²) < 4.78 is 5.12. The lowest BCUT2D eigenvalue weighted by atomic mass is 9.91. The predicted octanol–water partition coefficient (Wildman–Crippen LogP) is 2.03.